The number of sulfone groups is 1. The number of benzene rings is 2. The first-order chi connectivity index (χ1) is 15.9. The normalized spacial score (nSPS) is 15.1. The Morgan fingerprint density at radius 1 is 1.18 bits per heavy atom. The molecule has 2 heterocycles. The molecule has 1 fully saturated rings. The highest BCUT2D eigenvalue weighted by atomic mass is 32.2. The number of nitrogens with zero attached hydrogens (tertiary/aromatic N) is 3. The molecule has 0 atom stereocenters. The average molecular weight is 488 g/mol. The van der Waals surface area contributed by atoms with Crippen LogP contribution < -0.4 is 4.90 Å². The molecule has 176 valence electrons. The fourth-order valence-electron chi connectivity index (χ4n) is 3.91. The molecule has 1 aromatic heterocycles. The molecule has 0 aliphatic carbocycles. The smallest absolute Gasteiger partial charge is 0.261 e. The van der Waals surface area contributed by atoms with Crippen LogP contribution >= 0.6 is 11.3 Å². The van der Waals surface area contributed by atoms with E-state index >= 15 is 0 Å². The maximum Gasteiger partial charge on any atom is 0.261 e. The van der Waals surface area contributed by atoms with Crippen molar-refractivity contribution in [2.24, 2.45) is 0 Å². The number of carbonyl (C=O) groups is 1. The van der Waals surface area contributed by atoms with Crippen LogP contribution in [0.25, 0.3) is 10.2 Å². The molecule has 1 amide bonds. The van der Waals surface area contributed by atoms with Crippen LogP contribution in [0.3, 0.4) is 0 Å². The van der Waals surface area contributed by atoms with E-state index < -0.39 is 9.84 Å². The van der Waals surface area contributed by atoms with Gasteiger partial charge in [-0.3, -0.25) is 14.6 Å². The van der Waals surface area contributed by atoms with Crippen LogP contribution in [-0.2, 0) is 14.6 Å². The van der Waals surface area contributed by atoms with Gasteiger partial charge in [-0.15, -0.1) is 0 Å². The zero-order valence-corrected chi connectivity index (χ0v) is 20.6. The number of anilines is 1. The summed E-state index contributed by atoms with van der Waals surface area (Å²) in [5.74, 6) is -0.394. The molecule has 0 saturated carbocycles. The molecule has 1 aliphatic heterocycles. The predicted molar refractivity (Wildman–Crippen MR) is 132 cm³/mol. The Balaban J connectivity index is 1.66. The summed E-state index contributed by atoms with van der Waals surface area (Å²) in [4.78, 5) is 22.5. The van der Waals surface area contributed by atoms with Crippen molar-refractivity contribution in [1.82, 2.24) is 9.88 Å². The fraction of sp³-hybridized carbons (Fsp3) is 0.417. The van der Waals surface area contributed by atoms with Crippen molar-refractivity contribution < 1.29 is 17.9 Å². The standard InChI is InChI=1S/C24H29N3O4S2/c1-3-33(29,30)22-8-5-4-7-19(22)23(28)27(12-6-11-26-13-15-31-16-14-26)24-25-20-10-9-18(2)17-21(20)32-24/h4-5,7-10,17H,3,6,11-16H2,1-2H3. The number of thiazole rings is 1. The predicted octanol–water partition coefficient (Wildman–Crippen LogP) is 3.77. The second-order valence-corrected chi connectivity index (χ2v) is 11.4. The van der Waals surface area contributed by atoms with E-state index in [0.29, 0.717) is 11.7 Å². The maximum absolute atomic E-state index is 13.7. The van der Waals surface area contributed by atoms with Crippen molar-refractivity contribution in [2.75, 3.05) is 50.0 Å². The van der Waals surface area contributed by atoms with E-state index in [0.717, 1.165) is 55.0 Å². The van der Waals surface area contributed by atoms with Gasteiger partial charge in [0.15, 0.2) is 15.0 Å². The first-order valence-electron chi connectivity index (χ1n) is 11.2. The SMILES string of the molecule is CCS(=O)(=O)c1ccccc1C(=O)N(CCCN1CCOCC1)c1nc2ccc(C)cc2s1. The van der Waals surface area contributed by atoms with E-state index in [-0.39, 0.29) is 22.1 Å². The third-order valence-corrected chi connectivity index (χ3v) is 8.63. The molecular formula is C24H29N3O4S2. The van der Waals surface area contributed by atoms with Gasteiger partial charge >= 0.3 is 0 Å². The molecule has 0 unspecified atom stereocenters. The van der Waals surface area contributed by atoms with E-state index in [1.165, 1.54) is 17.4 Å². The van der Waals surface area contributed by atoms with E-state index in [1.807, 2.05) is 19.1 Å². The van der Waals surface area contributed by atoms with Gasteiger partial charge in [0.25, 0.3) is 5.91 Å². The molecule has 7 nitrogen and oxygen atoms in total. The minimum atomic E-state index is -3.54. The number of carbonyl (C=O) groups excluding carboxylic acids is 1. The zero-order valence-electron chi connectivity index (χ0n) is 19.0. The lowest BCUT2D eigenvalue weighted by Crippen LogP contribution is -2.39. The summed E-state index contributed by atoms with van der Waals surface area (Å²) < 4.78 is 31.8. The quantitative estimate of drug-likeness (QED) is 0.481. The lowest BCUT2D eigenvalue weighted by molar-refractivity contribution is 0.0376. The summed E-state index contributed by atoms with van der Waals surface area (Å²) in [7, 11) is -3.54. The number of ether oxygens (including phenoxy) is 1. The van der Waals surface area contributed by atoms with Crippen LogP contribution in [0.2, 0.25) is 0 Å². The summed E-state index contributed by atoms with van der Waals surface area (Å²) in [5.41, 5.74) is 2.16. The van der Waals surface area contributed by atoms with E-state index in [9.17, 15) is 13.2 Å². The van der Waals surface area contributed by atoms with Crippen LogP contribution in [0.15, 0.2) is 47.4 Å². The number of hydrogen-bond donors (Lipinski definition) is 0. The highest BCUT2D eigenvalue weighted by Crippen LogP contribution is 2.31. The van der Waals surface area contributed by atoms with Crippen LogP contribution in [-0.4, -0.2) is 69.4 Å². The number of hydrogen-bond acceptors (Lipinski definition) is 7. The average Bonchev–Trinajstić information content (AvgIpc) is 3.25. The Hall–Kier alpha value is -2.33. The van der Waals surface area contributed by atoms with Crippen molar-refractivity contribution in [2.45, 2.75) is 25.2 Å². The Bertz CT molecular complexity index is 1230. The van der Waals surface area contributed by atoms with Crippen LogP contribution in [0.4, 0.5) is 5.13 Å². The highest BCUT2D eigenvalue weighted by molar-refractivity contribution is 7.91. The molecule has 2 aromatic carbocycles. The molecular weight excluding hydrogens is 458 g/mol. The molecule has 9 heteroatoms. The van der Waals surface area contributed by atoms with Gasteiger partial charge < -0.3 is 4.74 Å². The monoisotopic (exact) mass is 487 g/mol. The topological polar surface area (TPSA) is 79.8 Å². The van der Waals surface area contributed by atoms with Gasteiger partial charge in [-0.05, 0) is 43.2 Å². The van der Waals surface area contributed by atoms with Crippen molar-refractivity contribution in [3.05, 3.63) is 53.6 Å². The fourth-order valence-corrected chi connectivity index (χ4v) is 6.09. The van der Waals surface area contributed by atoms with Gasteiger partial charge in [0.05, 0.1) is 39.6 Å². The van der Waals surface area contributed by atoms with E-state index in [4.69, 9.17) is 9.72 Å². The number of rotatable bonds is 8. The summed E-state index contributed by atoms with van der Waals surface area (Å²) >= 11 is 1.46. The van der Waals surface area contributed by atoms with Crippen LogP contribution in [0.1, 0.15) is 29.3 Å². The highest BCUT2D eigenvalue weighted by Gasteiger charge is 2.27. The first-order valence-corrected chi connectivity index (χ1v) is 13.7. The Kier molecular flexibility index (Phi) is 7.43. The molecule has 0 bridgehead atoms. The minimum Gasteiger partial charge on any atom is -0.379 e. The van der Waals surface area contributed by atoms with Gasteiger partial charge in [0.1, 0.15) is 0 Å². The molecule has 33 heavy (non-hydrogen) atoms. The summed E-state index contributed by atoms with van der Waals surface area (Å²) in [6.45, 7) is 8.12. The van der Waals surface area contributed by atoms with Crippen LogP contribution in [0.5, 0.6) is 0 Å². The van der Waals surface area contributed by atoms with E-state index in [1.54, 1.807) is 30.0 Å². The molecule has 1 saturated heterocycles. The second kappa shape index (κ2) is 10.3. The largest absolute Gasteiger partial charge is 0.379 e. The number of aryl methyl sites for hydroxylation is 1. The summed E-state index contributed by atoms with van der Waals surface area (Å²) in [6, 6.07) is 12.5. The molecule has 0 N–H and O–H groups in total. The van der Waals surface area contributed by atoms with Gasteiger partial charge in [0.2, 0.25) is 0 Å². The van der Waals surface area contributed by atoms with Gasteiger partial charge in [-0.25, -0.2) is 13.4 Å². The molecule has 0 radical (unpaired) electrons. The van der Waals surface area contributed by atoms with Crippen LogP contribution in [0, 0.1) is 6.92 Å². The molecule has 4 rings (SSSR count). The second-order valence-electron chi connectivity index (χ2n) is 8.13. The molecule has 1 aliphatic rings. The Morgan fingerprint density at radius 2 is 1.94 bits per heavy atom. The van der Waals surface area contributed by atoms with Crippen molar-refractivity contribution >= 4 is 42.4 Å². The lowest BCUT2D eigenvalue weighted by atomic mass is 10.2. The third kappa shape index (κ3) is 5.43. The molecule has 0 spiro atoms. The maximum atomic E-state index is 13.7. The number of amides is 1. The van der Waals surface area contributed by atoms with Gasteiger partial charge in [-0.2, -0.15) is 0 Å². The van der Waals surface area contributed by atoms with Crippen molar-refractivity contribution in [3.63, 3.8) is 0 Å². The Labute approximate surface area is 198 Å². The van der Waals surface area contributed by atoms with Gasteiger partial charge in [-0.1, -0.05) is 36.5 Å². The van der Waals surface area contributed by atoms with Gasteiger partial charge in [0, 0.05) is 26.2 Å². The number of aromatic nitrogens is 1. The van der Waals surface area contributed by atoms with Crippen molar-refractivity contribution in [3.8, 4) is 0 Å². The summed E-state index contributed by atoms with van der Waals surface area (Å²) in [5, 5.41) is 0.589. The van der Waals surface area contributed by atoms with E-state index in [2.05, 4.69) is 11.0 Å². The molecule has 3 aromatic rings. The minimum absolute atomic E-state index is 0.0608. The Morgan fingerprint density at radius 3 is 2.70 bits per heavy atom. The summed E-state index contributed by atoms with van der Waals surface area (Å²) in [6.07, 6.45) is 0.753. The van der Waals surface area contributed by atoms with Crippen molar-refractivity contribution in [1.29, 1.82) is 0 Å². The zero-order chi connectivity index (χ0) is 23.4. The first kappa shape index (κ1) is 23.8. The number of fused-ring (bicyclic) bond motifs is 1. The lowest BCUT2D eigenvalue weighted by Gasteiger charge is -2.28. The third-order valence-electron chi connectivity index (χ3n) is 5.80. The number of morpholine rings is 1.